The molecule has 1 saturated heterocycles. The van der Waals surface area contributed by atoms with Gasteiger partial charge in [-0.1, -0.05) is 0 Å². The normalized spacial score (nSPS) is 18.1. The van der Waals surface area contributed by atoms with Crippen molar-refractivity contribution >= 4 is 5.96 Å². The van der Waals surface area contributed by atoms with Crippen LogP contribution in [-0.2, 0) is 11.3 Å². The number of rotatable bonds is 2. The zero-order valence-corrected chi connectivity index (χ0v) is 8.56. The molecule has 15 heavy (non-hydrogen) atoms. The molecular weight excluding hydrogens is 194 g/mol. The van der Waals surface area contributed by atoms with Crippen LogP contribution in [0.25, 0.3) is 0 Å². The Labute approximate surface area is 88.5 Å². The lowest BCUT2D eigenvalue weighted by Crippen LogP contribution is -2.44. The van der Waals surface area contributed by atoms with Crippen LogP contribution in [-0.4, -0.2) is 37.2 Å². The van der Waals surface area contributed by atoms with Gasteiger partial charge in [0.05, 0.1) is 19.5 Å². The van der Waals surface area contributed by atoms with Crippen molar-refractivity contribution in [2.45, 2.75) is 6.54 Å². The summed E-state index contributed by atoms with van der Waals surface area (Å²) < 4.78 is 10.4. The van der Waals surface area contributed by atoms with Crippen molar-refractivity contribution in [1.29, 1.82) is 0 Å². The fourth-order valence-corrected chi connectivity index (χ4v) is 1.45. The second kappa shape index (κ2) is 4.84. The van der Waals surface area contributed by atoms with Crippen LogP contribution in [0.5, 0.6) is 0 Å². The SMILES string of the molecule is NC(=NCc1ccco1)N1CCOCC1. The summed E-state index contributed by atoms with van der Waals surface area (Å²) in [6.45, 7) is 3.56. The maximum Gasteiger partial charge on any atom is 0.191 e. The van der Waals surface area contributed by atoms with Gasteiger partial charge in [0.2, 0.25) is 0 Å². The highest BCUT2D eigenvalue weighted by Crippen LogP contribution is 2.02. The lowest BCUT2D eigenvalue weighted by molar-refractivity contribution is 0.0674. The van der Waals surface area contributed by atoms with E-state index in [1.54, 1.807) is 6.26 Å². The number of nitrogens with two attached hydrogens (primary N) is 1. The molecule has 82 valence electrons. The van der Waals surface area contributed by atoms with E-state index < -0.39 is 0 Å². The van der Waals surface area contributed by atoms with Gasteiger partial charge in [0.15, 0.2) is 5.96 Å². The van der Waals surface area contributed by atoms with E-state index in [2.05, 4.69) is 4.99 Å². The molecule has 0 bridgehead atoms. The zero-order valence-electron chi connectivity index (χ0n) is 8.56. The van der Waals surface area contributed by atoms with Gasteiger partial charge in [-0.25, -0.2) is 4.99 Å². The third kappa shape index (κ3) is 2.73. The molecule has 0 spiro atoms. The molecule has 0 aliphatic carbocycles. The Bertz CT molecular complexity index is 315. The summed E-state index contributed by atoms with van der Waals surface area (Å²) in [6.07, 6.45) is 1.63. The molecule has 1 aromatic heterocycles. The van der Waals surface area contributed by atoms with Crippen LogP contribution in [0.2, 0.25) is 0 Å². The van der Waals surface area contributed by atoms with Crippen molar-refractivity contribution in [3.05, 3.63) is 24.2 Å². The van der Waals surface area contributed by atoms with Crippen LogP contribution in [0.15, 0.2) is 27.8 Å². The molecular formula is C10H15N3O2. The van der Waals surface area contributed by atoms with E-state index in [0.29, 0.717) is 12.5 Å². The number of morpholine rings is 1. The monoisotopic (exact) mass is 209 g/mol. The molecule has 0 unspecified atom stereocenters. The van der Waals surface area contributed by atoms with Crippen LogP contribution < -0.4 is 5.73 Å². The predicted molar refractivity (Wildman–Crippen MR) is 56.4 cm³/mol. The number of guanidine groups is 1. The van der Waals surface area contributed by atoms with Gasteiger partial charge in [0, 0.05) is 13.1 Å². The minimum absolute atomic E-state index is 0.496. The van der Waals surface area contributed by atoms with E-state index in [9.17, 15) is 0 Å². The van der Waals surface area contributed by atoms with Crippen LogP contribution in [0.3, 0.4) is 0 Å². The summed E-state index contributed by atoms with van der Waals surface area (Å²) in [5.41, 5.74) is 5.84. The molecule has 5 nitrogen and oxygen atoms in total. The van der Waals surface area contributed by atoms with E-state index in [-0.39, 0.29) is 0 Å². The molecule has 1 aliphatic rings. The molecule has 1 fully saturated rings. The first-order chi connectivity index (χ1) is 7.36. The number of ether oxygens (including phenoxy) is 1. The maximum atomic E-state index is 5.84. The Morgan fingerprint density at radius 2 is 2.27 bits per heavy atom. The molecule has 0 atom stereocenters. The van der Waals surface area contributed by atoms with Gasteiger partial charge in [0.25, 0.3) is 0 Å². The maximum absolute atomic E-state index is 5.84. The number of hydrogen-bond acceptors (Lipinski definition) is 3. The summed E-state index contributed by atoms with van der Waals surface area (Å²) in [5.74, 6) is 1.39. The molecule has 0 aromatic carbocycles. The van der Waals surface area contributed by atoms with Gasteiger partial charge < -0.3 is 19.8 Å². The lowest BCUT2D eigenvalue weighted by Gasteiger charge is -2.27. The van der Waals surface area contributed by atoms with Crippen molar-refractivity contribution in [3.8, 4) is 0 Å². The van der Waals surface area contributed by atoms with Gasteiger partial charge in [0.1, 0.15) is 12.3 Å². The average Bonchev–Trinajstić information content (AvgIpc) is 2.80. The van der Waals surface area contributed by atoms with Crippen LogP contribution >= 0.6 is 0 Å². The van der Waals surface area contributed by atoms with Gasteiger partial charge in [-0.3, -0.25) is 0 Å². The quantitative estimate of drug-likeness (QED) is 0.566. The molecule has 1 aliphatic heterocycles. The molecule has 2 N–H and O–H groups in total. The molecule has 0 radical (unpaired) electrons. The summed E-state index contributed by atoms with van der Waals surface area (Å²) >= 11 is 0. The Morgan fingerprint density at radius 3 is 2.93 bits per heavy atom. The van der Waals surface area contributed by atoms with Crippen LogP contribution in [0.1, 0.15) is 5.76 Å². The van der Waals surface area contributed by atoms with Crippen molar-refractivity contribution in [2.24, 2.45) is 10.7 Å². The van der Waals surface area contributed by atoms with Crippen molar-refractivity contribution in [2.75, 3.05) is 26.3 Å². The highest BCUT2D eigenvalue weighted by atomic mass is 16.5. The first kappa shape index (κ1) is 10.0. The van der Waals surface area contributed by atoms with Gasteiger partial charge >= 0.3 is 0 Å². The Hall–Kier alpha value is -1.49. The number of furan rings is 1. The van der Waals surface area contributed by atoms with E-state index in [4.69, 9.17) is 14.9 Å². The largest absolute Gasteiger partial charge is 0.467 e. The fourth-order valence-electron chi connectivity index (χ4n) is 1.45. The van der Waals surface area contributed by atoms with E-state index in [0.717, 1.165) is 32.1 Å². The zero-order chi connectivity index (χ0) is 10.5. The average molecular weight is 209 g/mol. The van der Waals surface area contributed by atoms with Gasteiger partial charge in [-0.2, -0.15) is 0 Å². The highest BCUT2D eigenvalue weighted by Gasteiger charge is 2.11. The first-order valence-corrected chi connectivity index (χ1v) is 5.01. The predicted octanol–water partition coefficient (Wildman–Crippen LogP) is 0.426. The van der Waals surface area contributed by atoms with Crippen LogP contribution in [0.4, 0.5) is 0 Å². The second-order valence-electron chi connectivity index (χ2n) is 3.35. The molecule has 2 heterocycles. The van der Waals surface area contributed by atoms with Crippen LogP contribution in [0, 0.1) is 0 Å². The Balaban J connectivity index is 1.88. The van der Waals surface area contributed by atoms with E-state index >= 15 is 0 Å². The molecule has 5 heteroatoms. The van der Waals surface area contributed by atoms with E-state index in [1.165, 1.54) is 0 Å². The summed E-state index contributed by atoms with van der Waals surface area (Å²) in [4.78, 5) is 6.28. The second-order valence-corrected chi connectivity index (χ2v) is 3.35. The Kier molecular flexibility index (Phi) is 3.24. The number of nitrogens with zero attached hydrogens (tertiary/aromatic N) is 2. The molecule has 0 amide bonds. The van der Waals surface area contributed by atoms with Crippen molar-refractivity contribution < 1.29 is 9.15 Å². The van der Waals surface area contributed by atoms with E-state index in [1.807, 2.05) is 17.0 Å². The molecule has 0 saturated carbocycles. The number of hydrogen-bond donors (Lipinski definition) is 1. The number of aliphatic imine (C=N–C) groups is 1. The topological polar surface area (TPSA) is 64.0 Å². The van der Waals surface area contributed by atoms with Gasteiger partial charge in [-0.05, 0) is 12.1 Å². The van der Waals surface area contributed by atoms with Crippen molar-refractivity contribution in [1.82, 2.24) is 4.90 Å². The fraction of sp³-hybridized carbons (Fsp3) is 0.500. The molecule has 1 aromatic rings. The third-order valence-corrected chi connectivity index (χ3v) is 2.31. The lowest BCUT2D eigenvalue weighted by atomic mass is 10.4. The minimum Gasteiger partial charge on any atom is -0.467 e. The smallest absolute Gasteiger partial charge is 0.191 e. The highest BCUT2D eigenvalue weighted by molar-refractivity contribution is 5.78. The summed E-state index contributed by atoms with van der Waals surface area (Å²) in [7, 11) is 0. The van der Waals surface area contributed by atoms with Crippen molar-refractivity contribution in [3.63, 3.8) is 0 Å². The third-order valence-electron chi connectivity index (χ3n) is 2.31. The summed E-state index contributed by atoms with van der Waals surface area (Å²) in [5, 5.41) is 0. The molecule has 2 rings (SSSR count). The first-order valence-electron chi connectivity index (χ1n) is 5.01. The Morgan fingerprint density at radius 1 is 1.47 bits per heavy atom. The minimum atomic E-state index is 0.496. The standard InChI is InChI=1S/C10H15N3O2/c11-10(13-3-6-14-7-4-13)12-8-9-2-1-5-15-9/h1-2,5H,3-4,6-8H2,(H2,11,12). The summed E-state index contributed by atoms with van der Waals surface area (Å²) in [6, 6.07) is 3.73. The van der Waals surface area contributed by atoms with Gasteiger partial charge in [-0.15, -0.1) is 0 Å².